The summed E-state index contributed by atoms with van der Waals surface area (Å²) in [5, 5.41) is 19.5. The van der Waals surface area contributed by atoms with E-state index in [1.54, 1.807) is 11.4 Å². The Balaban J connectivity index is 1.69. The van der Waals surface area contributed by atoms with Crippen LogP contribution in [0.2, 0.25) is 0 Å². The maximum Gasteiger partial charge on any atom is 0.269 e. The Bertz CT molecular complexity index is 683. The molecule has 0 atom stereocenters. The third kappa shape index (κ3) is 5.19. The summed E-state index contributed by atoms with van der Waals surface area (Å²) in [6.07, 6.45) is 0.760. The lowest BCUT2D eigenvalue weighted by Crippen LogP contribution is -2.25. The maximum absolute atomic E-state index is 11.7. The summed E-state index contributed by atoms with van der Waals surface area (Å²) in [5.74, 6) is -0.356. The van der Waals surface area contributed by atoms with Crippen molar-refractivity contribution in [2.75, 3.05) is 11.9 Å². The highest BCUT2D eigenvalue weighted by Gasteiger charge is 2.08. The number of nitrogens with zero attached hydrogens (tertiary/aromatic N) is 1. The number of carbonyl (C=O) groups is 2. The van der Waals surface area contributed by atoms with Gasteiger partial charge in [-0.3, -0.25) is 19.7 Å². The topological polar surface area (TPSA) is 101 Å². The van der Waals surface area contributed by atoms with Crippen LogP contribution in [0.1, 0.15) is 23.2 Å². The number of amides is 2. The second-order valence-corrected chi connectivity index (χ2v) is 5.50. The number of carbonyl (C=O) groups excluding carboxylic acids is 2. The van der Waals surface area contributed by atoms with Gasteiger partial charge < -0.3 is 10.6 Å². The van der Waals surface area contributed by atoms with Gasteiger partial charge in [-0.2, -0.15) is 11.3 Å². The van der Waals surface area contributed by atoms with E-state index in [4.69, 9.17) is 0 Å². The molecule has 8 heteroatoms. The van der Waals surface area contributed by atoms with Crippen LogP contribution in [0, 0.1) is 10.1 Å². The Kier molecular flexibility index (Phi) is 5.81. The molecule has 1 aromatic heterocycles. The molecule has 120 valence electrons. The highest BCUT2D eigenvalue weighted by atomic mass is 32.1. The van der Waals surface area contributed by atoms with Crippen LogP contribution >= 0.6 is 11.3 Å². The molecule has 0 aliphatic carbocycles. The number of hydrogen-bond donors (Lipinski definition) is 2. The zero-order valence-electron chi connectivity index (χ0n) is 12.2. The number of nitrogens with one attached hydrogen (secondary N) is 2. The summed E-state index contributed by atoms with van der Waals surface area (Å²) in [5.41, 5.74) is 1.09. The molecule has 0 aliphatic heterocycles. The van der Waals surface area contributed by atoms with Crippen LogP contribution in [0.5, 0.6) is 0 Å². The first-order valence-corrected chi connectivity index (χ1v) is 7.85. The summed E-state index contributed by atoms with van der Waals surface area (Å²) >= 11 is 1.45. The highest BCUT2D eigenvalue weighted by Crippen LogP contribution is 2.15. The van der Waals surface area contributed by atoms with Gasteiger partial charge in [0.2, 0.25) is 5.91 Å². The third-order valence-corrected chi connectivity index (χ3v) is 3.69. The minimum atomic E-state index is -0.498. The van der Waals surface area contributed by atoms with Crippen molar-refractivity contribution in [2.45, 2.75) is 12.8 Å². The molecule has 2 N–H and O–H groups in total. The fraction of sp³-hybridized carbons (Fsp3) is 0.200. The van der Waals surface area contributed by atoms with Crippen LogP contribution < -0.4 is 10.6 Å². The predicted molar refractivity (Wildman–Crippen MR) is 87.6 cm³/mol. The number of nitro benzene ring substituents is 1. The second-order valence-electron chi connectivity index (χ2n) is 4.72. The van der Waals surface area contributed by atoms with Crippen LogP contribution in [-0.4, -0.2) is 23.3 Å². The van der Waals surface area contributed by atoms with Crippen molar-refractivity contribution in [3.63, 3.8) is 0 Å². The van der Waals surface area contributed by atoms with E-state index < -0.39 is 4.92 Å². The number of thiophene rings is 1. The van der Waals surface area contributed by atoms with Crippen LogP contribution in [0.3, 0.4) is 0 Å². The predicted octanol–water partition coefficient (Wildman–Crippen LogP) is 2.81. The largest absolute Gasteiger partial charge is 0.352 e. The van der Waals surface area contributed by atoms with Crippen LogP contribution in [-0.2, 0) is 4.79 Å². The van der Waals surface area contributed by atoms with Crippen molar-refractivity contribution in [1.29, 1.82) is 0 Å². The zero-order valence-corrected chi connectivity index (χ0v) is 13.0. The molecular formula is C15H15N3O4S. The number of anilines is 1. The van der Waals surface area contributed by atoms with Crippen LogP contribution in [0.25, 0.3) is 0 Å². The Morgan fingerprint density at radius 3 is 2.52 bits per heavy atom. The summed E-state index contributed by atoms with van der Waals surface area (Å²) in [6, 6.07) is 7.36. The number of non-ortho nitro benzene ring substituents is 1. The number of nitro groups is 1. The highest BCUT2D eigenvalue weighted by molar-refractivity contribution is 7.08. The molecule has 0 saturated heterocycles. The van der Waals surface area contributed by atoms with Gasteiger partial charge in [0, 0.05) is 41.7 Å². The van der Waals surface area contributed by atoms with Crippen molar-refractivity contribution in [1.82, 2.24) is 5.32 Å². The lowest BCUT2D eigenvalue weighted by molar-refractivity contribution is -0.384. The van der Waals surface area contributed by atoms with Crippen molar-refractivity contribution >= 4 is 34.5 Å². The standard InChI is InChI=1S/C15H15N3O4S/c19-14(17-12-3-5-13(6-4-12)18(21)22)2-1-8-16-15(20)11-7-9-23-10-11/h3-7,9-10H,1-2,8H2,(H,16,20)(H,17,19). The molecule has 0 fully saturated rings. The zero-order chi connectivity index (χ0) is 16.7. The summed E-state index contributed by atoms with van der Waals surface area (Å²) < 4.78 is 0. The molecule has 1 heterocycles. The molecule has 2 aromatic rings. The van der Waals surface area contributed by atoms with Gasteiger partial charge >= 0.3 is 0 Å². The first-order valence-electron chi connectivity index (χ1n) is 6.91. The Labute approximate surface area is 136 Å². The van der Waals surface area contributed by atoms with Gasteiger partial charge in [-0.05, 0) is 30.0 Å². The average Bonchev–Trinajstić information content (AvgIpc) is 3.06. The van der Waals surface area contributed by atoms with Gasteiger partial charge in [0.25, 0.3) is 11.6 Å². The molecule has 0 radical (unpaired) electrons. The average molecular weight is 333 g/mol. The Morgan fingerprint density at radius 2 is 1.91 bits per heavy atom. The summed E-state index contributed by atoms with van der Waals surface area (Å²) in [6.45, 7) is 0.405. The second kappa shape index (κ2) is 8.04. The number of hydrogen-bond acceptors (Lipinski definition) is 5. The molecule has 1 aromatic carbocycles. The van der Waals surface area contributed by atoms with E-state index in [0.717, 1.165) is 0 Å². The number of rotatable bonds is 7. The Hall–Kier alpha value is -2.74. The molecule has 0 spiro atoms. The monoisotopic (exact) mass is 333 g/mol. The normalized spacial score (nSPS) is 10.1. The van der Waals surface area contributed by atoms with Gasteiger partial charge in [0.15, 0.2) is 0 Å². The minimum absolute atomic E-state index is 0.0286. The van der Waals surface area contributed by atoms with Crippen molar-refractivity contribution in [3.8, 4) is 0 Å². The van der Waals surface area contributed by atoms with Crippen LogP contribution in [0.4, 0.5) is 11.4 Å². The van der Waals surface area contributed by atoms with Gasteiger partial charge in [-0.1, -0.05) is 0 Å². The van der Waals surface area contributed by atoms with Gasteiger partial charge in [0.05, 0.1) is 4.92 Å². The lowest BCUT2D eigenvalue weighted by Gasteiger charge is -2.06. The van der Waals surface area contributed by atoms with E-state index in [1.807, 2.05) is 5.38 Å². The summed E-state index contributed by atoms with van der Waals surface area (Å²) in [7, 11) is 0. The first-order chi connectivity index (χ1) is 11.1. The quantitative estimate of drug-likeness (QED) is 0.462. The lowest BCUT2D eigenvalue weighted by atomic mass is 10.2. The van der Waals surface area contributed by atoms with E-state index >= 15 is 0 Å². The molecule has 0 unspecified atom stereocenters. The molecule has 2 rings (SSSR count). The third-order valence-electron chi connectivity index (χ3n) is 3.01. The first kappa shape index (κ1) is 16.6. The van der Waals surface area contributed by atoms with E-state index in [-0.39, 0.29) is 23.9 Å². The fourth-order valence-electron chi connectivity index (χ4n) is 1.84. The SMILES string of the molecule is O=C(CCCNC(=O)c1ccsc1)Nc1ccc([N+](=O)[O-])cc1. The molecule has 2 amide bonds. The molecule has 7 nitrogen and oxygen atoms in total. The minimum Gasteiger partial charge on any atom is -0.352 e. The van der Waals surface area contributed by atoms with Crippen LogP contribution in [0.15, 0.2) is 41.1 Å². The smallest absolute Gasteiger partial charge is 0.269 e. The van der Waals surface area contributed by atoms with E-state index in [1.165, 1.54) is 35.6 Å². The molecule has 0 bridgehead atoms. The maximum atomic E-state index is 11.7. The van der Waals surface area contributed by atoms with E-state index in [9.17, 15) is 19.7 Å². The number of benzene rings is 1. The molecule has 23 heavy (non-hydrogen) atoms. The molecule has 0 aliphatic rings. The fourth-order valence-corrected chi connectivity index (χ4v) is 2.47. The summed E-state index contributed by atoms with van der Waals surface area (Å²) in [4.78, 5) is 33.5. The Morgan fingerprint density at radius 1 is 1.17 bits per heavy atom. The van der Waals surface area contributed by atoms with Crippen molar-refractivity contribution < 1.29 is 14.5 Å². The van der Waals surface area contributed by atoms with Gasteiger partial charge in [-0.25, -0.2) is 0 Å². The van der Waals surface area contributed by atoms with E-state index in [2.05, 4.69) is 10.6 Å². The van der Waals surface area contributed by atoms with Gasteiger partial charge in [-0.15, -0.1) is 0 Å². The molecule has 0 saturated carbocycles. The van der Waals surface area contributed by atoms with Gasteiger partial charge in [0.1, 0.15) is 0 Å². The van der Waals surface area contributed by atoms with E-state index in [0.29, 0.717) is 24.2 Å². The molecular weight excluding hydrogens is 318 g/mol. The van der Waals surface area contributed by atoms with Crippen molar-refractivity contribution in [3.05, 3.63) is 56.8 Å². The van der Waals surface area contributed by atoms with Crippen molar-refractivity contribution in [2.24, 2.45) is 0 Å².